The highest BCUT2D eigenvalue weighted by atomic mass is 32.1. The number of fused-ring (bicyclic) bond motifs is 2. The van der Waals surface area contributed by atoms with Crippen LogP contribution in [0.1, 0.15) is 56.1 Å². The average molecular weight is 418 g/mol. The van der Waals surface area contributed by atoms with Gasteiger partial charge in [0.15, 0.2) is 0 Å². The predicted octanol–water partition coefficient (Wildman–Crippen LogP) is 4.22. The molecule has 2 aliphatic carbocycles. The predicted molar refractivity (Wildman–Crippen MR) is 118 cm³/mol. The van der Waals surface area contributed by atoms with Crippen molar-refractivity contribution in [1.82, 2.24) is 10.2 Å². The highest BCUT2D eigenvalue weighted by Gasteiger charge is 2.42. The summed E-state index contributed by atoms with van der Waals surface area (Å²) in [6.07, 6.45) is 9.41. The Kier molecular flexibility index (Phi) is 6.06. The van der Waals surface area contributed by atoms with Crippen molar-refractivity contribution in [2.24, 2.45) is 11.8 Å². The van der Waals surface area contributed by atoms with Gasteiger partial charge >= 0.3 is 0 Å². The molecule has 1 N–H and O–H groups in total. The van der Waals surface area contributed by atoms with Gasteiger partial charge in [0.25, 0.3) is 5.69 Å². The first kappa shape index (κ1) is 20.5. The summed E-state index contributed by atoms with van der Waals surface area (Å²) in [5.41, 5.74) is 1.26. The van der Waals surface area contributed by atoms with Gasteiger partial charge in [0, 0.05) is 36.8 Å². The molecule has 29 heavy (non-hydrogen) atoms. The first-order valence-electron chi connectivity index (χ1n) is 10.9. The molecule has 158 valence electrons. The number of nitro benzene ring substituents is 1. The molecule has 4 rings (SSSR count). The first-order valence-corrected chi connectivity index (χ1v) is 11.3. The fourth-order valence-corrected chi connectivity index (χ4v) is 6.22. The summed E-state index contributed by atoms with van der Waals surface area (Å²) in [5, 5.41) is 14.8. The van der Waals surface area contributed by atoms with Crippen LogP contribution >= 0.6 is 12.2 Å². The Bertz CT molecular complexity index is 778. The molecule has 0 amide bonds. The Morgan fingerprint density at radius 1 is 1.21 bits per heavy atom. The van der Waals surface area contributed by atoms with Crippen molar-refractivity contribution < 1.29 is 9.66 Å². The summed E-state index contributed by atoms with van der Waals surface area (Å²) in [6.45, 7) is 3.84. The average Bonchev–Trinajstić information content (AvgIpc) is 3.14. The summed E-state index contributed by atoms with van der Waals surface area (Å²) in [5.74, 6) is 2.32. The second-order valence-electron chi connectivity index (χ2n) is 8.92. The van der Waals surface area contributed by atoms with E-state index >= 15 is 0 Å². The molecule has 2 bridgehead atoms. The lowest BCUT2D eigenvalue weighted by molar-refractivity contribution is -0.385. The second kappa shape index (κ2) is 8.56. The largest absolute Gasteiger partial charge is 0.496 e. The quantitative estimate of drug-likeness (QED) is 0.440. The molecule has 2 saturated carbocycles. The first-order chi connectivity index (χ1) is 14.0. The minimum atomic E-state index is -0.361. The Morgan fingerprint density at radius 2 is 1.86 bits per heavy atom. The maximum absolute atomic E-state index is 11.3. The van der Waals surface area contributed by atoms with E-state index in [9.17, 15) is 10.1 Å². The highest BCUT2D eigenvalue weighted by molar-refractivity contribution is 7.80. The van der Waals surface area contributed by atoms with Crippen LogP contribution in [-0.2, 0) is 0 Å². The van der Waals surface area contributed by atoms with Crippen LogP contribution in [0.25, 0.3) is 0 Å². The molecule has 6 nitrogen and oxygen atoms in total. The molecule has 1 aromatic rings. The van der Waals surface area contributed by atoms with Crippen molar-refractivity contribution in [1.29, 1.82) is 0 Å². The minimum Gasteiger partial charge on any atom is -0.496 e. The molecule has 7 heteroatoms. The van der Waals surface area contributed by atoms with E-state index in [1.807, 2.05) is 0 Å². The van der Waals surface area contributed by atoms with Crippen LogP contribution in [0.2, 0.25) is 0 Å². The molecule has 1 atom stereocenters. The molecule has 1 heterocycles. The fourth-order valence-electron chi connectivity index (χ4n) is 5.89. The third-order valence-electron chi connectivity index (χ3n) is 7.20. The van der Waals surface area contributed by atoms with Crippen molar-refractivity contribution in [3.05, 3.63) is 33.4 Å². The Balaban J connectivity index is 1.45. The van der Waals surface area contributed by atoms with Crippen LogP contribution in [0, 0.1) is 28.9 Å². The lowest BCUT2D eigenvalue weighted by atomic mass is 9.68. The number of aryl methyl sites for hydroxylation is 1. The van der Waals surface area contributed by atoms with Crippen LogP contribution in [0.3, 0.4) is 0 Å². The zero-order chi connectivity index (χ0) is 20.5. The van der Waals surface area contributed by atoms with E-state index in [-0.39, 0.29) is 16.7 Å². The molecule has 1 unspecified atom stereocenters. The van der Waals surface area contributed by atoms with Gasteiger partial charge in [0.05, 0.1) is 17.6 Å². The summed E-state index contributed by atoms with van der Waals surface area (Å²) in [6, 6.07) is 4.27. The van der Waals surface area contributed by atoms with Gasteiger partial charge in [-0.15, -0.1) is 0 Å². The van der Waals surface area contributed by atoms with Gasteiger partial charge in [-0.25, -0.2) is 0 Å². The normalized spacial score (nSPS) is 29.4. The van der Waals surface area contributed by atoms with Gasteiger partial charge < -0.3 is 10.1 Å². The van der Waals surface area contributed by atoms with Gasteiger partial charge in [0.2, 0.25) is 0 Å². The number of rotatable bonds is 5. The maximum Gasteiger partial charge on any atom is 0.273 e. The molecule has 1 aliphatic heterocycles. The van der Waals surface area contributed by atoms with E-state index in [2.05, 4.69) is 10.2 Å². The fraction of sp³-hybridized carbons (Fsp3) is 0.682. The zero-order valence-corrected chi connectivity index (χ0v) is 18.2. The number of hydrogen-bond donors (Lipinski definition) is 1. The van der Waals surface area contributed by atoms with Crippen molar-refractivity contribution in [3.8, 4) is 5.75 Å². The van der Waals surface area contributed by atoms with Crippen molar-refractivity contribution in [2.45, 2.75) is 64.0 Å². The van der Waals surface area contributed by atoms with Crippen LogP contribution < -0.4 is 10.1 Å². The summed E-state index contributed by atoms with van der Waals surface area (Å²) in [4.78, 5) is 14.2. The third kappa shape index (κ3) is 4.12. The number of nitrogens with one attached hydrogen (secondary N) is 1. The number of benzene rings is 1. The maximum atomic E-state index is 11.3. The summed E-state index contributed by atoms with van der Waals surface area (Å²) >= 11 is 5.64. The minimum absolute atomic E-state index is 0.0769. The zero-order valence-electron chi connectivity index (χ0n) is 17.4. The number of methoxy groups -OCH3 is 1. The molecular formula is C22H31N3O3S. The van der Waals surface area contributed by atoms with Gasteiger partial charge in [-0.2, -0.15) is 0 Å². The summed E-state index contributed by atoms with van der Waals surface area (Å²) in [7, 11) is 1.58. The van der Waals surface area contributed by atoms with Gasteiger partial charge in [-0.05, 0) is 56.9 Å². The second-order valence-corrected chi connectivity index (χ2v) is 9.33. The number of hydrogen-bond acceptors (Lipinski definition) is 5. The Morgan fingerprint density at radius 3 is 2.45 bits per heavy atom. The van der Waals surface area contributed by atoms with Crippen molar-refractivity contribution >= 4 is 22.9 Å². The monoisotopic (exact) mass is 417 g/mol. The standard InChI is InChI=1S/C22H31N3O3S/c1-14-11-20(28-2)18(12-19(14)25(26)27)22(29)23-17-9-10-24(13-17)21-15-5-3-6-16(21)8-4-7-15/h11-12,15-17,21H,3-10,13H2,1-2H3,(H,23,29). The van der Waals surface area contributed by atoms with E-state index in [1.165, 1.54) is 38.5 Å². The number of nitrogens with zero attached hydrogens (tertiary/aromatic N) is 2. The van der Waals surface area contributed by atoms with E-state index in [1.54, 1.807) is 26.2 Å². The van der Waals surface area contributed by atoms with E-state index in [0.717, 1.165) is 37.4 Å². The van der Waals surface area contributed by atoms with Crippen LogP contribution in [-0.4, -0.2) is 47.1 Å². The SMILES string of the molecule is COc1cc(C)c([N+](=O)[O-])cc1C(=S)NC1CCN(C2C3CCCC2CCC3)C1. The number of ether oxygens (including phenoxy) is 1. The number of likely N-dealkylation sites (tertiary alicyclic amines) is 1. The van der Waals surface area contributed by atoms with Crippen LogP contribution in [0.15, 0.2) is 12.1 Å². The topological polar surface area (TPSA) is 67.6 Å². The lowest BCUT2D eigenvalue weighted by Crippen LogP contribution is -2.50. The van der Waals surface area contributed by atoms with Crippen LogP contribution in [0.5, 0.6) is 5.75 Å². The molecule has 0 aromatic heterocycles. The van der Waals surface area contributed by atoms with Gasteiger partial charge in [-0.3, -0.25) is 15.0 Å². The molecule has 0 spiro atoms. The van der Waals surface area contributed by atoms with Gasteiger partial charge in [-0.1, -0.05) is 25.1 Å². The lowest BCUT2D eigenvalue weighted by Gasteiger charge is -2.47. The molecule has 1 aromatic carbocycles. The smallest absolute Gasteiger partial charge is 0.273 e. The molecule has 1 saturated heterocycles. The molecule has 3 aliphatic rings. The molecule has 3 fully saturated rings. The Labute approximate surface area is 178 Å². The van der Waals surface area contributed by atoms with Gasteiger partial charge in [0.1, 0.15) is 10.7 Å². The van der Waals surface area contributed by atoms with E-state index in [0.29, 0.717) is 21.9 Å². The van der Waals surface area contributed by atoms with E-state index < -0.39 is 0 Å². The Hall–Kier alpha value is -1.73. The molecular weight excluding hydrogens is 386 g/mol. The van der Waals surface area contributed by atoms with Crippen LogP contribution in [0.4, 0.5) is 5.69 Å². The number of thiocarbonyl (C=S) groups is 1. The highest BCUT2D eigenvalue weighted by Crippen LogP contribution is 2.43. The third-order valence-corrected chi connectivity index (χ3v) is 7.54. The van der Waals surface area contributed by atoms with Crippen molar-refractivity contribution in [3.63, 3.8) is 0 Å². The molecule has 0 radical (unpaired) electrons. The number of nitro groups is 1. The van der Waals surface area contributed by atoms with E-state index in [4.69, 9.17) is 17.0 Å². The summed E-state index contributed by atoms with van der Waals surface area (Å²) < 4.78 is 5.45. The van der Waals surface area contributed by atoms with Crippen molar-refractivity contribution in [2.75, 3.05) is 20.2 Å².